The molecular formula is C22H30O4. The van der Waals surface area contributed by atoms with Gasteiger partial charge in [-0.25, -0.2) is 0 Å². The molecule has 0 aromatic rings. The van der Waals surface area contributed by atoms with Crippen molar-refractivity contribution in [3.8, 4) is 0 Å². The minimum atomic E-state index is -0.821. The van der Waals surface area contributed by atoms with Crippen molar-refractivity contribution in [2.75, 3.05) is 0 Å². The summed E-state index contributed by atoms with van der Waals surface area (Å²) in [5.41, 5.74) is 0. The van der Waals surface area contributed by atoms with Gasteiger partial charge in [-0.2, -0.15) is 0 Å². The first-order valence-electron chi connectivity index (χ1n) is 9.29. The number of hydrogen-bond acceptors (Lipinski definition) is 3. The van der Waals surface area contributed by atoms with E-state index in [-0.39, 0.29) is 24.0 Å². The molecule has 0 aromatic heterocycles. The number of aliphatic hydroxyl groups excluding tert-OH is 1. The van der Waals surface area contributed by atoms with Gasteiger partial charge in [0.15, 0.2) is 5.78 Å². The maximum absolute atomic E-state index is 12.0. The van der Waals surface area contributed by atoms with E-state index < -0.39 is 12.1 Å². The fraction of sp³-hybridized carbons (Fsp3) is 0.455. The Kier molecular flexibility index (Phi) is 11.0. The predicted molar refractivity (Wildman–Crippen MR) is 105 cm³/mol. The zero-order chi connectivity index (χ0) is 19.2. The molecule has 0 aliphatic heterocycles. The minimum Gasteiger partial charge on any atom is -0.481 e. The van der Waals surface area contributed by atoms with Crippen molar-refractivity contribution in [3.05, 3.63) is 60.8 Å². The number of carbonyl (C=O) groups excluding carboxylic acids is 1. The van der Waals surface area contributed by atoms with E-state index >= 15 is 0 Å². The molecule has 1 aliphatic carbocycles. The molecule has 3 atom stereocenters. The van der Waals surface area contributed by atoms with Crippen LogP contribution in [-0.2, 0) is 9.59 Å². The highest BCUT2D eigenvalue weighted by Crippen LogP contribution is 2.27. The molecule has 0 spiro atoms. The molecular weight excluding hydrogens is 328 g/mol. The molecule has 0 amide bonds. The number of aliphatic carboxylic acids is 1. The molecule has 1 unspecified atom stereocenters. The Morgan fingerprint density at radius 2 is 1.96 bits per heavy atom. The lowest BCUT2D eigenvalue weighted by Gasteiger charge is -2.13. The molecule has 0 saturated carbocycles. The maximum atomic E-state index is 12.0. The van der Waals surface area contributed by atoms with Crippen LogP contribution in [0.15, 0.2) is 60.8 Å². The first kappa shape index (κ1) is 21.8. The SMILES string of the molecule is CC/C=C\C/C=C\CC(O)/C=C/[C@H]1C=CC(=O)[C@H]1C/C=C\CCC(=O)O. The highest BCUT2D eigenvalue weighted by molar-refractivity contribution is 5.95. The van der Waals surface area contributed by atoms with Crippen molar-refractivity contribution >= 4 is 11.8 Å². The molecule has 0 fully saturated rings. The van der Waals surface area contributed by atoms with Crippen molar-refractivity contribution in [2.45, 2.75) is 51.6 Å². The highest BCUT2D eigenvalue weighted by atomic mass is 16.4. The Labute approximate surface area is 156 Å². The van der Waals surface area contributed by atoms with Crippen LogP contribution in [0.1, 0.15) is 45.4 Å². The minimum absolute atomic E-state index is 0.0160. The number of carbonyl (C=O) groups is 2. The van der Waals surface area contributed by atoms with E-state index in [9.17, 15) is 14.7 Å². The molecule has 0 heterocycles. The quantitative estimate of drug-likeness (QED) is 0.507. The van der Waals surface area contributed by atoms with Crippen LogP contribution < -0.4 is 0 Å². The van der Waals surface area contributed by atoms with E-state index in [0.29, 0.717) is 19.3 Å². The average Bonchev–Trinajstić information content (AvgIpc) is 2.95. The molecule has 4 heteroatoms. The van der Waals surface area contributed by atoms with Crippen LogP contribution in [0.3, 0.4) is 0 Å². The Morgan fingerprint density at radius 1 is 1.19 bits per heavy atom. The number of hydrogen-bond donors (Lipinski definition) is 2. The third-order valence-electron chi connectivity index (χ3n) is 4.17. The monoisotopic (exact) mass is 358 g/mol. The first-order chi connectivity index (χ1) is 12.5. The Hall–Kier alpha value is -2.20. The highest BCUT2D eigenvalue weighted by Gasteiger charge is 2.27. The number of ketones is 1. The summed E-state index contributed by atoms with van der Waals surface area (Å²) in [5, 5.41) is 18.6. The van der Waals surface area contributed by atoms with Gasteiger partial charge in [-0.1, -0.05) is 61.6 Å². The van der Waals surface area contributed by atoms with Crippen molar-refractivity contribution in [2.24, 2.45) is 11.8 Å². The topological polar surface area (TPSA) is 74.6 Å². The molecule has 26 heavy (non-hydrogen) atoms. The molecule has 2 N–H and O–H groups in total. The van der Waals surface area contributed by atoms with Crippen LogP contribution in [-0.4, -0.2) is 28.1 Å². The third-order valence-corrected chi connectivity index (χ3v) is 4.17. The van der Waals surface area contributed by atoms with Crippen LogP contribution in [0.5, 0.6) is 0 Å². The average molecular weight is 358 g/mol. The van der Waals surface area contributed by atoms with Crippen LogP contribution in [0.25, 0.3) is 0 Å². The Bertz CT molecular complexity index is 581. The largest absolute Gasteiger partial charge is 0.481 e. The molecule has 142 valence electrons. The summed E-state index contributed by atoms with van der Waals surface area (Å²) >= 11 is 0. The van der Waals surface area contributed by atoms with Crippen molar-refractivity contribution in [1.29, 1.82) is 0 Å². The van der Waals surface area contributed by atoms with Gasteiger partial charge in [0, 0.05) is 18.3 Å². The number of allylic oxidation sites excluding steroid dienone is 8. The summed E-state index contributed by atoms with van der Waals surface area (Å²) in [6.07, 6.45) is 22.1. The lowest BCUT2D eigenvalue weighted by atomic mass is 9.90. The molecule has 4 nitrogen and oxygen atoms in total. The van der Waals surface area contributed by atoms with Crippen molar-refractivity contribution in [3.63, 3.8) is 0 Å². The van der Waals surface area contributed by atoms with Crippen molar-refractivity contribution < 1.29 is 19.8 Å². The van der Waals surface area contributed by atoms with Crippen LogP contribution in [0, 0.1) is 11.8 Å². The van der Waals surface area contributed by atoms with Crippen LogP contribution in [0.4, 0.5) is 0 Å². The lowest BCUT2D eigenvalue weighted by Crippen LogP contribution is -2.14. The summed E-state index contributed by atoms with van der Waals surface area (Å²) in [4.78, 5) is 22.4. The Balaban J connectivity index is 2.41. The molecule has 0 bridgehead atoms. The van der Waals surface area contributed by atoms with Crippen molar-refractivity contribution in [1.82, 2.24) is 0 Å². The van der Waals surface area contributed by atoms with Gasteiger partial charge in [-0.05, 0) is 38.2 Å². The van der Waals surface area contributed by atoms with Gasteiger partial charge in [0.25, 0.3) is 0 Å². The zero-order valence-electron chi connectivity index (χ0n) is 15.5. The van der Waals surface area contributed by atoms with Gasteiger partial charge in [-0.15, -0.1) is 0 Å². The fourth-order valence-electron chi connectivity index (χ4n) is 2.70. The second-order valence-electron chi connectivity index (χ2n) is 6.36. The van der Waals surface area contributed by atoms with Gasteiger partial charge >= 0.3 is 5.97 Å². The fourth-order valence-corrected chi connectivity index (χ4v) is 2.70. The Morgan fingerprint density at radius 3 is 2.69 bits per heavy atom. The molecule has 1 rings (SSSR count). The second-order valence-corrected chi connectivity index (χ2v) is 6.36. The van der Waals surface area contributed by atoms with E-state index in [1.807, 2.05) is 36.5 Å². The third kappa shape index (κ3) is 9.33. The standard InChI is InChI=1S/C22H30O4/c1-2-3-4-5-6-8-11-19(23)16-14-18-15-17-21(24)20(18)12-9-7-10-13-22(25)26/h3-4,6-9,14-20,23H,2,5,10-13H2,1H3,(H,25,26)/b4-3-,8-6-,9-7-,16-14+/t18-,19?,20-/m0/s1. The zero-order valence-corrected chi connectivity index (χ0v) is 15.5. The second kappa shape index (κ2) is 13.1. The van der Waals surface area contributed by atoms with E-state index in [1.54, 1.807) is 12.2 Å². The van der Waals surface area contributed by atoms with E-state index in [1.165, 1.54) is 0 Å². The van der Waals surface area contributed by atoms with Gasteiger partial charge < -0.3 is 10.2 Å². The maximum Gasteiger partial charge on any atom is 0.303 e. The van der Waals surface area contributed by atoms with Gasteiger partial charge in [-0.3, -0.25) is 9.59 Å². The summed E-state index contributed by atoms with van der Waals surface area (Å²) in [6.45, 7) is 2.09. The van der Waals surface area contributed by atoms with Gasteiger partial charge in [0.1, 0.15) is 0 Å². The van der Waals surface area contributed by atoms with Gasteiger partial charge in [0.05, 0.1) is 6.10 Å². The molecule has 0 aromatic carbocycles. The summed E-state index contributed by atoms with van der Waals surface area (Å²) in [5.74, 6) is -0.912. The smallest absolute Gasteiger partial charge is 0.303 e. The van der Waals surface area contributed by atoms with E-state index in [2.05, 4.69) is 19.1 Å². The van der Waals surface area contributed by atoms with Crippen LogP contribution in [0.2, 0.25) is 0 Å². The predicted octanol–water partition coefficient (Wildman–Crippen LogP) is 4.39. The van der Waals surface area contributed by atoms with E-state index in [0.717, 1.165) is 12.8 Å². The normalized spacial score (nSPS) is 21.8. The molecule has 0 radical (unpaired) electrons. The number of aliphatic hydroxyl groups is 1. The first-order valence-corrected chi connectivity index (χ1v) is 9.29. The van der Waals surface area contributed by atoms with Crippen LogP contribution >= 0.6 is 0 Å². The van der Waals surface area contributed by atoms with Gasteiger partial charge in [0.2, 0.25) is 0 Å². The summed E-state index contributed by atoms with van der Waals surface area (Å²) in [7, 11) is 0. The molecule has 1 aliphatic rings. The summed E-state index contributed by atoms with van der Waals surface area (Å²) < 4.78 is 0. The number of carboxylic acids is 1. The molecule has 0 saturated heterocycles. The summed E-state index contributed by atoms with van der Waals surface area (Å²) in [6, 6.07) is 0. The lowest BCUT2D eigenvalue weighted by molar-refractivity contribution is -0.136. The number of rotatable bonds is 12. The van der Waals surface area contributed by atoms with E-state index in [4.69, 9.17) is 5.11 Å². The number of carboxylic acid groups (broad SMARTS) is 1.